The minimum atomic E-state index is -0.163. The van der Waals surface area contributed by atoms with Crippen molar-refractivity contribution in [2.24, 2.45) is 5.92 Å². The molecule has 22 heavy (non-hydrogen) atoms. The molecule has 1 aliphatic heterocycles. The fraction of sp³-hybridized carbons (Fsp3) is 0.526. The number of rotatable bonds is 3. The Hall–Kier alpha value is -1.61. The smallest absolute Gasteiger partial charge is 0.0951 e. The van der Waals surface area contributed by atoms with Crippen LogP contribution in [-0.2, 0) is 6.54 Å². The second-order valence-electron chi connectivity index (χ2n) is 6.92. The van der Waals surface area contributed by atoms with Crippen molar-refractivity contribution in [1.82, 2.24) is 9.55 Å². The van der Waals surface area contributed by atoms with Crippen LogP contribution >= 0.6 is 0 Å². The van der Waals surface area contributed by atoms with E-state index in [2.05, 4.69) is 33.8 Å². The van der Waals surface area contributed by atoms with Gasteiger partial charge in [-0.1, -0.05) is 43.5 Å². The second kappa shape index (κ2) is 5.88. The van der Waals surface area contributed by atoms with Gasteiger partial charge in [-0.05, 0) is 30.7 Å². The fourth-order valence-electron chi connectivity index (χ4n) is 4.32. The summed E-state index contributed by atoms with van der Waals surface area (Å²) in [5, 5.41) is 10.7. The van der Waals surface area contributed by atoms with Gasteiger partial charge in [0.1, 0.15) is 0 Å². The largest absolute Gasteiger partial charge is 0.393 e. The lowest BCUT2D eigenvalue weighted by atomic mass is 9.79. The molecular weight excluding hydrogens is 272 g/mol. The van der Waals surface area contributed by atoms with Crippen LogP contribution in [0.2, 0.25) is 0 Å². The normalized spacial score (nSPS) is 22.9. The van der Waals surface area contributed by atoms with Gasteiger partial charge in [0, 0.05) is 18.0 Å². The van der Waals surface area contributed by atoms with E-state index in [4.69, 9.17) is 0 Å². The van der Waals surface area contributed by atoms with Gasteiger partial charge in [-0.3, -0.25) is 0 Å². The number of aliphatic hydroxyl groups excluding tert-OH is 1. The maximum absolute atomic E-state index is 10.7. The maximum Gasteiger partial charge on any atom is 0.0951 e. The van der Waals surface area contributed by atoms with E-state index in [9.17, 15) is 5.11 Å². The van der Waals surface area contributed by atoms with Gasteiger partial charge in [-0.25, -0.2) is 4.98 Å². The molecule has 1 fully saturated rings. The zero-order valence-electron chi connectivity index (χ0n) is 13.0. The van der Waals surface area contributed by atoms with E-state index < -0.39 is 0 Å². The van der Waals surface area contributed by atoms with Crippen LogP contribution in [0.3, 0.4) is 0 Å². The highest BCUT2D eigenvalue weighted by molar-refractivity contribution is 5.66. The summed E-state index contributed by atoms with van der Waals surface area (Å²) in [6.07, 6.45) is 10.9. The Morgan fingerprint density at radius 1 is 1.18 bits per heavy atom. The number of fused-ring (bicyclic) bond motifs is 3. The average molecular weight is 296 g/mol. The topological polar surface area (TPSA) is 38.0 Å². The molecule has 1 aliphatic carbocycles. The van der Waals surface area contributed by atoms with Gasteiger partial charge in [-0.2, -0.15) is 0 Å². The van der Waals surface area contributed by atoms with Gasteiger partial charge in [-0.15, -0.1) is 0 Å². The molecule has 1 N–H and O–H groups in total. The molecule has 4 rings (SSSR count). The molecule has 2 aliphatic rings. The predicted molar refractivity (Wildman–Crippen MR) is 87.6 cm³/mol. The van der Waals surface area contributed by atoms with Crippen molar-refractivity contribution < 1.29 is 5.11 Å². The minimum absolute atomic E-state index is 0.163. The van der Waals surface area contributed by atoms with Crippen molar-refractivity contribution in [3.8, 4) is 11.3 Å². The Kier molecular flexibility index (Phi) is 3.75. The first-order valence-electron chi connectivity index (χ1n) is 8.60. The minimum Gasteiger partial charge on any atom is -0.393 e. The highest BCUT2D eigenvalue weighted by Gasteiger charge is 2.29. The Morgan fingerprint density at radius 3 is 2.86 bits per heavy atom. The van der Waals surface area contributed by atoms with Crippen molar-refractivity contribution in [2.45, 2.75) is 57.1 Å². The van der Waals surface area contributed by atoms with E-state index in [1.165, 1.54) is 48.9 Å². The average Bonchev–Trinajstić information content (AvgIpc) is 3.04. The van der Waals surface area contributed by atoms with Crippen LogP contribution < -0.4 is 0 Å². The van der Waals surface area contributed by atoms with Crippen LogP contribution in [0.25, 0.3) is 11.3 Å². The Morgan fingerprint density at radius 2 is 2.00 bits per heavy atom. The number of nitrogens with zero attached hydrogens (tertiary/aromatic N) is 2. The van der Waals surface area contributed by atoms with Gasteiger partial charge in [0.25, 0.3) is 0 Å². The monoisotopic (exact) mass is 296 g/mol. The molecule has 1 aromatic carbocycles. The standard InChI is InChI=1S/C19H24N2O/c22-19(14-6-2-1-3-7-14)10-15-12-21-13-20-11-18(21)17-9-5-4-8-16(15)17/h4-5,8-9,11,13-15,19,22H,1-3,6-7,10,12H2/t15-,19-/m0/s1. The summed E-state index contributed by atoms with van der Waals surface area (Å²) >= 11 is 0. The molecule has 1 saturated carbocycles. The van der Waals surface area contributed by atoms with Gasteiger partial charge in [0.2, 0.25) is 0 Å². The number of hydrogen-bond donors (Lipinski definition) is 1. The van der Waals surface area contributed by atoms with E-state index >= 15 is 0 Å². The summed E-state index contributed by atoms with van der Waals surface area (Å²) in [6, 6.07) is 8.62. The van der Waals surface area contributed by atoms with Crippen LogP contribution in [-0.4, -0.2) is 20.8 Å². The SMILES string of the molecule is O[C@@H](C[C@H]1Cn2cncc2-c2ccccc21)C1CCCCC1. The molecule has 0 radical (unpaired) electrons. The van der Waals surface area contributed by atoms with Crippen LogP contribution in [0.5, 0.6) is 0 Å². The molecule has 2 aromatic rings. The Bertz CT molecular complexity index is 642. The van der Waals surface area contributed by atoms with Gasteiger partial charge < -0.3 is 9.67 Å². The Balaban J connectivity index is 1.58. The van der Waals surface area contributed by atoms with E-state index in [1.807, 2.05) is 12.5 Å². The molecule has 0 saturated heterocycles. The molecule has 3 nitrogen and oxygen atoms in total. The summed E-state index contributed by atoms with van der Waals surface area (Å²) in [6.45, 7) is 0.941. The molecule has 0 unspecified atom stereocenters. The molecule has 0 spiro atoms. The summed E-state index contributed by atoms with van der Waals surface area (Å²) in [7, 11) is 0. The van der Waals surface area contributed by atoms with Crippen LogP contribution in [0, 0.1) is 5.92 Å². The van der Waals surface area contributed by atoms with Crippen molar-refractivity contribution in [3.63, 3.8) is 0 Å². The molecule has 2 atom stereocenters. The third-order valence-electron chi connectivity index (χ3n) is 5.53. The maximum atomic E-state index is 10.7. The first-order chi connectivity index (χ1) is 10.8. The van der Waals surface area contributed by atoms with E-state index in [0.717, 1.165) is 13.0 Å². The summed E-state index contributed by atoms with van der Waals surface area (Å²) in [4.78, 5) is 4.31. The third-order valence-corrected chi connectivity index (χ3v) is 5.53. The van der Waals surface area contributed by atoms with Gasteiger partial charge in [0.15, 0.2) is 0 Å². The van der Waals surface area contributed by atoms with Crippen LogP contribution in [0.4, 0.5) is 0 Å². The van der Waals surface area contributed by atoms with Gasteiger partial charge in [0.05, 0.1) is 24.3 Å². The highest BCUT2D eigenvalue weighted by Crippen LogP contribution is 2.39. The summed E-state index contributed by atoms with van der Waals surface area (Å²) in [5.41, 5.74) is 3.87. The number of hydrogen-bond acceptors (Lipinski definition) is 2. The predicted octanol–water partition coefficient (Wildman–Crippen LogP) is 3.98. The molecule has 2 heterocycles. The summed E-state index contributed by atoms with van der Waals surface area (Å²) in [5.74, 6) is 0.903. The quantitative estimate of drug-likeness (QED) is 0.930. The molecule has 3 heteroatoms. The van der Waals surface area contributed by atoms with Crippen LogP contribution in [0.15, 0.2) is 36.8 Å². The lowest BCUT2D eigenvalue weighted by Crippen LogP contribution is -2.27. The van der Waals surface area contributed by atoms with Crippen molar-refractivity contribution in [2.75, 3.05) is 0 Å². The number of benzene rings is 1. The Labute approximate surface area is 132 Å². The van der Waals surface area contributed by atoms with Crippen LogP contribution in [0.1, 0.15) is 50.0 Å². The zero-order chi connectivity index (χ0) is 14.9. The lowest BCUT2D eigenvalue weighted by Gasteiger charge is -2.32. The zero-order valence-corrected chi connectivity index (χ0v) is 13.0. The second-order valence-corrected chi connectivity index (χ2v) is 6.92. The van der Waals surface area contributed by atoms with Crippen molar-refractivity contribution >= 4 is 0 Å². The molecule has 1 aromatic heterocycles. The third kappa shape index (κ3) is 2.48. The van der Waals surface area contributed by atoms with Crippen molar-refractivity contribution in [1.29, 1.82) is 0 Å². The molecule has 0 bridgehead atoms. The number of imidazole rings is 1. The fourth-order valence-corrected chi connectivity index (χ4v) is 4.32. The molecular formula is C19H24N2O. The van der Waals surface area contributed by atoms with E-state index in [-0.39, 0.29) is 6.10 Å². The lowest BCUT2D eigenvalue weighted by molar-refractivity contribution is 0.0688. The first kappa shape index (κ1) is 14.0. The van der Waals surface area contributed by atoms with E-state index in [1.54, 1.807) is 0 Å². The summed E-state index contributed by atoms with van der Waals surface area (Å²) < 4.78 is 2.24. The van der Waals surface area contributed by atoms with E-state index in [0.29, 0.717) is 11.8 Å². The number of aliphatic hydroxyl groups is 1. The highest BCUT2D eigenvalue weighted by atomic mass is 16.3. The van der Waals surface area contributed by atoms with Gasteiger partial charge >= 0.3 is 0 Å². The molecule has 116 valence electrons. The number of aromatic nitrogens is 2. The first-order valence-corrected chi connectivity index (χ1v) is 8.60. The molecule has 0 amide bonds. The van der Waals surface area contributed by atoms with Crippen molar-refractivity contribution in [3.05, 3.63) is 42.4 Å².